The van der Waals surface area contributed by atoms with Crippen molar-refractivity contribution in [3.8, 4) is 0 Å². The fourth-order valence-electron chi connectivity index (χ4n) is 1.85. The lowest BCUT2D eigenvalue weighted by Crippen LogP contribution is -2.40. The van der Waals surface area contributed by atoms with Gasteiger partial charge in [0.15, 0.2) is 11.9 Å². The first-order valence-electron chi connectivity index (χ1n) is 5.72. The van der Waals surface area contributed by atoms with Crippen molar-refractivity contribution >= 4 is 17.7 Å². The molecule has 0 saturated carbocycles. The number of hydrogen-bond donors (Lipinski definition) is 0. The molecular formula is C12H18O5. The van der Waals surface area contributed by atoms with Crippen LogP contribution in [0.5, 0.6) is 0 Å². The second-order valence-electron chi connectivity index (χ2n) is 4.97. The van der Waals surface area contributed by atoms with Gasteiger partial charge < -0.3 is 9.47 Å². The monoisotopic (exact) mass is 242 g/mol. The molecule has 1 saturated heterocycles. The number of Topliss-reactive ketones (excluding diaryl/α,β-unsaturated/α-hetero) is 1. The zero-order valence-corrected chi connectivity index (χ0v) is 10.4. The molecular weight excluding hydrogens is 224 g/mol. The lowest BCUT2D eigenvalue weighted by Gasteiger charge is -2.33. The van der Waals surface area contributed by atoms with Crippen LogP contribution in [0.2, 0.25) is 0 Å². The summed E-state index contributed by atoms with van der Waals surface area (Å²) in [5.41, 5.74) is -0.260. The maximum absolute atomic E-state index is 11.7. The minimum Gasteiger partial charge on any atom is -0.466 e. The van der Waals surface area contributed by atoms with Crippen LogP contribution in [0.15, 0.2) is 0 Å². The molecule has 0 aromatic carbocycles. The van der Waals surface area contributed by atoms with Crippen molar-refractivity contribution in [3.05, 3.63) is 0 Å². The van der Waals surface area contributed by atoms with Crippen molar-refractivity contribution in [1.82, 2.24) is 0 Å². The van der Waals surface area contributed by atoms with Crippen LogP contribution in [0.1, 0.15) is 40.0 Å². The number of ketones is 1. The number of esters is 2. The maximum atomic E-state index is 11.7. The van der Waals surface area contributed by atoms with Gasteiger partial charge in [0.05, 0.1) is 13.0 Å². The zero-order valence-electron chi connectivity index (χ0n) is 10.4. The fraction of sp³-hybridized carbons (Fsp3) is 0.750. The molecule has 0 aromatic heterocycles. The van der Waals surface area contributed by atoms with Gasteiger partial charge in [-0.25, -0.2) is 0 Å². The molecule has 0 aliphatic carbocycles. The summed E-state index contributed by atoms with van der Waals surface area (Å²) in [5, 5.41) is 0. The molecule has 1 atom stereocenters. The average molecular weight is 242 g/mol. The normalized spacial score (nSPS) is 22.8. The van der Waals surface area contributed by atoms with Gasteiger partial charge in [0.25, 0.3) is 0 Å². The summed E-state index contributed by atoms with van der Waals surface area (Å²) in [4.78, 5) is 34.2. The standard InChI is InChI=1S/C12H18O5/c1-4-16-10(14)5-8(13)9-6-12(2,3)7-11(15)17-9/h9H,4-7H2,1-3H3. The van der Waals surface area contributed by atoms with E-state index in [2.05, 4.69) is 4.74 Å². The topological polar surface area (TPSA) is 69.7 Å². The van der Waals surface area contributed by atoms with Crippen molar-refractivity contribution in [1.29, 1.82) is 0 Å². The first-order valence-corrected chi connectivity index (χ1v) is 5.72. The van der Waals surface area contributed by atoms with Gasteiger partial charge in [0.1, 0.15) is 6.42 Å². The Morgan fingerprint density at radius 1 is 1.47 bits per heavy atom. The molecule has 0 bridgehead atoms. The van der Waals surface area contributed by atoms with E-state index in [-0.39, 0.29) is 30.2 Å². The Morgan fingerprint density at radius 3 is 2.65 bits per heavy atom. The molecule has 0 spiro atoms. The van der Waals surface area contributed by atoms with Crippen LogP contribution in [-0.2, 0) is 23.9 Å². The summed E-state index contributed by atoms with van der Waals surface area (Å²) in [5.74, 6) is -1.34. The zero-order chi connectivity index (χ0) is 13.1. The summed E-state index contributed by atoms with van der Waals surface area (Å²) in [6, 6.07) is 0. The van der Waals surface area contributed by atoms with Crippen LogP contribution < -0.4 is 0 Å². The summed E-state index contributed by atoms with van der Waals surface area (Å²) in [6.45, 7) is 5.71. The maximum Gasteiger partial charge on any atom is 0.313 e. The molecule has 96 valence electrons. The van der Waals surface area contributed by atoms with Crippen LogP contribution in [0.25, 0.3) is 0 Å². The van der Waals surface area contributed by atoms with E-state index in [9.17, 15) is 14.4 Å². The highest BCUT2D eigenvalue weighted by molar-refractivity contribution is 5.99. The van der Waals surface area contributed by atoms with Gasteiger partial charge >= 0.3 is 11.9 Å². The first-order chi connectivity index (χ1) is 7.84. The SMILES string of the molecule is CCOC(=O)CC(=O)C1CC(C)(C)CC(=O)O1. The highest BCUT2D eigenvalue weighted by Gasteiger charge is 2.38. The number of rotatable bonds is 4. The third-order valence-corrected chi connectivity index (χ3v) is 2.62. The highest BCUT2D eigenvalue weighted by Crippen LogP contribution is 2.33. The molecule has 5 nitrogen and oxygen atoms in total. The third kappa shape index (κ3) is 4.17. The average Bonchev–Trinajstić information content (AvgIpc) is 2.14. The Morgan fingerprint density at radius 2 is 2.12 bits per heavy atom. The Hall–Kier alpha value is -1.39. The predicted octanol–water partition coefficient (Wildman–Crippen LogP) is 1.24. The number of carbonyl (C=O) groups is 3. The van der Waals surface area contributed by atoms with E-state index in [4.69, 9.17) is 4.74 Å². The fourth-order valence-corrected chi connectivity index (χ4v) is 1.85. The van der Waals surface area contributed by atoms with E-state index in [0.29, 0.717) is 12.8 Å². The minimum atomic E-state index is -0.810. The molecule has 1 rings (SSSR count). The number of cyclic esters (lactones) is 1. The summed E-state index contributed by atoms with van der Waals surface area (Å²) in [7, 11) is 0. The molecule has 5 heteroatoms. The van der Waals surface area contributed by atoms with Gasteiger partial charge in [0, 0.05) is 0 Å². The van der Waals surface area contributed by atoms with E-state index in [0.717, 1.165) is 0 Å². The predicted molar refractivity (Wildman–Crippen MR) is 59.2 cm³/mol. The third-order valence-electron chi connectivity index (χ3n) is 2.62. The first kappa shape index (κ1) is 13.7. The second-order valence-corrected chi connectivity index (χ2v) is 4.97. The van der Waals surface area contributed by atoms with Gasteiger partial charge in [0.2, 0.25) is 0 Å². The molecule has 1 aliphatic heterocycles. The van der Waals surface area contributed by atoms with E-state index in [1.165, 1.54) is 0 Å². The van der Waals surface area contributed by atoms with Crippen molar-refractivity contribution in [2.24, 2.45) is 5.41 Å². The van der Waals surface area contributed by atoms with Gasteiger partial charge in [-0.05, 0) is 18.8 Å². The van der Waals surface area contributed by atoms with Gasteiger partial charge in [-0.1, -0.05) is 13.8 Å². The van der Waals surface area contributed by atoms with Crippen LogP contribution >= 0.6 is 0 Å². The van der Waals surface area contributed by atoms with Crippen LogP contribution in [-0.4, -0.2) is 30.4 Å². The summed E-state index contributed by atoms with van der Waals surface area (Å²) >= 11 is 0. The van der Waals surface area contributed by atoms with E-state index < -0.39 is 12.1 Å². The number of ether oxygens (including phenoxy) is 2. The molecule has 0 aromatic rings. The molecule has 17 heavy (non-hydrogen) atoms. The van der Waals surface area contributed by atoms with Crippen molar-refractivity contribution in [3.63, 3.8) is 0 Å². The Labute approximate surface area is 100 Å². The quantitative estimate of drug-likeness (QED) is 0.548. The lowest BCUT2D eigenvalue weighted by atomic mass is 9.80. The molecule has 1 aliphatic rings. The second kappa shape index (κ2) is 5.29. The Balaban J connectivity index is 2.57. The van der Waals surface area contributed by atoms with Crippen LogP contribution in [0, 0.1) is 5.41 Å². The Kier molecular flexibility index (Phi) is 4.26. The highest BCUT2D eigenvalue weighted by atomic mass is 16.6. The smallest absolute Gasteiger partial charge is 0.313 e. The van der Waals surface area contributed by atoms with Crippen LogP contribution in [0.3, 0.4) is 0 Å². The van der Waals surface area contributed by atoms with Crippen molar-refractivity contribution in [2.75, 3.05) is 6.61 Å². The van der Waals surface area contributed by atoms with Gasteiger partial charge in [-0.2, -0.15) is 0 Å². The van der Waals surface area contributed by atoms with E-state index in [1.54, 1.807) is 6.92 Å². The van der Waals surface area contributed by atoms with E-state index >= 15 is 0 Å². The molecule has 0 amide bonds. The van der Waals surface area contributed by atoms with E-state index in [1.807, 2.05) is 13.8 Å². The molecule has 1 fully saturated rings. The lowest BCUT2D eigenvalue weighted by molar-refractivity contribution is -0.167. The molecule has 0 radical (unpaired) electrons. The van der Waals surface area contributed by atoms with Gasteiger partial charge in [-0.3, -0.25) is 14.4 Å². The summed E-state index contributed by atoms with van der Waals surface area (Å²) < 4.78 is 9.65. The number of hydrogen-bond acceptors (Lipinski definition) is 5. The van der Waals surface area contributed by atoms with Gasteiger partial charge in [-0.15, -0.1) is 0 Å². The van der Waals surface area contributed by atoms with Crippen molar-refractivity contribution < 1.29 is 23.9 Å². The minimum absolute atomic E-state index is 0.238. The largest absolute Gasteiger partial charge is 0.466 e. The van der Waals surface area contributed by atoms with Crippen molar-refractivity contribution in [2.45, 2.75) is 46.1 Å². The number of carbonyl (C=O) groups excluding carboxylic acids is 3. The van der Waals surface area contributed by atoms with Crippen LogP contribution in [0.4, 0.5) is 0 Å². The molecule has 0 N–H and O–H groups in total. The molecule has 1 unspecified atom stereocenters. The summed E-state index contributed by atoms with van der Waals surface area (Å²) in [6.07, 6.45) is -0.384. The Bertz CT molecular complexity index is 332. The molecule has 1 heterocycles.